The van der Waals surface area contributed by atoms with Crippen molar-refractivity contribution in [3.63, 3.8) is 0 Å². The lowest BCUT2D eigenvalue weighted by atomic mass is 10.1. The number of furan rings is 1. The van der Waals surface area contributed by atoms with Crippen LogP contribution in [0.3, 0.4) is 0 Å². The molecule has 3 aromatic rings. The highest BCUT2D eigenvalue weighted by Crippen LogP contribution is 2.31. The molecule has 0 N–H and O–H groups in total. The van der Waals surface area contributed by atoms with Gasteiger partial charge in [0.05, 0.1) is 16.4 Å². The van der Waals surface area contributed by atoms with E-state index < -0.39 is 25.3 Å². The van der Waals surface area contributed by atoms with E-state index in [2.05, 4.69) is 0 Å². The second kappa shape index (κ2) is 8.97. The maximum Gasteiger partial charge on any atom is 0.243 e. The van der Waals surface area contributed by atoms with Crippen LogP contribution in [0.5, 0.6) is 0 Å². The number of fused-ring (bicyclic) bond motifs is 1. The smallest absolute Gasteiger partial charge is 0.243 e. The molecule has 1 aliphatic rings. The predicted molar refractivity (Wildman–Crippen MR) is 124 cm³/mol. The van der Waals surface area contributed by atoms with Gasteiger partial charge in [0.1, 0.15) is 5.58 Å². The molecule has 1 atom stereocenters. The van der Waals surface area contributed by atoms with E-state index >= 15 is 0 Å². The van der Waals surface area contributed by atoms with Gasteiger partial charge in [0.2, 0.25) is 20.0 Å². The lowest BCUT2D eigenvalue weighted by Gasteiger charge is -2.36. The number of hydrogen-bond donors (Lipinski definition) is 0. The zero-order valence-corrected chi connectivity index (χ0v) is 19.8. The second-order valence-corrected chi connectivity index (χ2v) is 12.2. The van der Waals surface area contributed by atoms with E-state index in [9.17, 15) is 16.8 Å². The van der Waals surface area contributed by atoms with E-state index in [0.29, 0.717) is 12.1 Å². The highest BCUT2D eigenvalue weighted by Gasteiger charge is 2.39. The van der Waals surface area contributed by atoms with Gasteiger partial charge in [0.15, 0.2) is 0 Å². The van der Waals surface area contributed by atoms with Crippen LogP contribution in [-0.2, 0) is 20.0 Å². The molecule has 0 saturated carbocycles. The molecule has 2 heterocycles. The van der Waals surface area contributed by atoms with Crippen LogP contribution in [0.2, 0.25) is 0 Å². The van der Waals surface area contributed by atoms with E-state index in [-0.39, 0.29) is 36.9 Å². The van der Waals surface area contributed by atoms with Crippen molar-refractivity contribution in [2.45, 2.75) is 42.9 Å². The molecule has 32 heavy (non-hydrogen) atoms. The third-order valence-corrected chi connectivity index (χ3v) is 10.7. The summed E-state index contributed by atoms with van der Waals surface area (Å²) in [4.78, 5) is 0.195. The summed E-state index contributed by atoms with van der Waals surface area (Å²) >= 11 is 0. The van der Waals surface area contributed by atoms with Crippen molar-refractivity contribution < 1.29 is 21.3 Å². The van der Waals surface area contributed by atoms with Gasteiger partial charge in [0.25, 0.3) is 0 Å². The van der Waals surface area contributed by atoms with Crippen LogP contribution in [0.4, 0.5) is 0 Å². The summed E-state index contributed by atoms with van der Waals surface area (Å²) in [6.45, 7) is 4.44. The molecule has 1 saturated heterocycles. The fraction of sp³-hybridized carbons (Fsp3) is 0.391. The van der Waals surface area contributed by atoms with Crippen molar-refractivity contribution in [1.29, 1.82) is 0 Å². The van der Waals surface area contributed by atoms with Gasteiger partial charge in [0, 0.05) is 31.1 Å². The van der Waals surface area contributed by atoms with Crippen LogP contribution < -0.4 is 0 Å². The first kappa shape index (κ1) is 23.0. The summed E-state index contributed by atoms with van der Waals surface area (Å²) in [6, 6.07) is 15.8. The molecule has 0 spiro atoms. The van der Waals surface area contributed by atoms with Crippen LogP contribution in [0.25, 0.3) is 11.0 Å². The highest BCUT2D eigenvalue weighted by molar-refractivity contribution is 7.90. The molecule has 0 unspecified atom stereocenters. The van der Waals surface area contributed by atoms with Crippen molar-refractivity contribution >= 4 is 31.0 Å². The molecule has 0 bridgehead atoms. The van der Waals surface area contributed by atoms with E-state index in [1.807, 2.05) is 44.2 Å². The third kappa shape index (κ3) is 4.22. The molecule has 2 aromatic carbocycles. The van der Waals surface area contributed by atoms with Crippen molar-refractivity contribution in [1.82, 2.24) is 8.61 Å². The van der Waals surface area contributed by atoms with Gasteiger partial charge in [-0.2, -0.15) is 8.61 Å². The molecule has 1 fully saturated rings. The molecular formula is C23H28N2O5S2. The zero-order chi connectivity index (χ0) is 22.9. The third-order valence-electron chi connectivity index (χ3n) is 6.24. The topological polar surface area (TPSA) is 87.9 Å². The summed E-state index contributed by atoms with van der Waals surface area (Å²) in [6.07, 6.45) is 2.06. The fourth-order valence-corrected chi connectivity index (χ4v) is 8.01. The first-order chi connectivity index (χ1) is 15.2. The summed E-state index contributed by atoms with van der Waals surface area (Å²) in [5.41, 5.74) is 1.56. The molecular weight excluding hydrogens is 448 g/mol. The number of piperidine rings is 1. The Morgan fingerprint density at radius 1 is 1.03 bits per heavy atom. The normalized spacial score (nSPS) is 17.7. The number of nitrogens with zero attached hydrogens (tertiary/aromatic N) is 2. The number of benzene rings is 2. The summed E-state index contributed by atoms with van der Waals surface area (Å²) in [7, 11) is -7.28. The minimum absolute atomic E-state index is 0.174. The van der Waals surface area contributed by atoms with Crippen molar-refractivity contribution in [3.05, 3.63) is 66.4 Å². The van der Waals surface area contributed by atoms with Gasteiger partial charge in [-0.25, -0.2) is 16.8 Å². The van der Waals surface area contributed by atoms with Gasteiger partial charge in [-0.15, -0.1) is 0 Å². The first-order valence-corrected chi connectivity index (χ1v) is 13.7. The summed E-state index contributed by atoms with van der Waals surface area (Å²) in [5.74, 6) is 0. The molecule has 7 nitrogen and oxygen atoms in total. The summed E-state index contributed by atoms with van der Waals surface area (Å²) in [5, 5.41) is 0.119. The Labute approximate surface area is 189 Å². The Balaban J connectivity index is 1.49. The molecule has 0 radical (unpaired) electrons. The monoisotopic (exact) mass is 476 g/mol. The van der Waals surface area contributed by atoms with E-state index in [1.165, 1.54) is 20.9 Å². The van der Waals surface area contributed by atoms with Crippen LogP contribution in [0.15, 0.2) is 70.2 Å². The van der Waals surface area contributed by atoms with E-state index in [1.54, 1.807) is 18.2 Å². The van der Waals surface area contributed by atoms with Crippen molar-refractivity contribution in [3.8, 4) is 0 Å². The molecule has 4 rings (SSSR count). The van der Waals surface area contributed by atoms with Crippen LogP contribution in [-0.4, -0.2) is 50.3 Å². The average molecular weight is 477 g/mol. The van der Waals surface area contributed by atoms with Crippen LogP contribution in [0, 0.1) is 0 Å². The predicted octanol–water partition coefficient (Wildman–Crippen LogP) is 4.00. The lowest BCUT2D eigenvalue weighted by Crippen LogP contribution is -2.47. The first-order valence-electron chi connectivity index (χ1n) is 10.8. The van der Waals surface area contributed by atoms with Gasteiger partial charge in [-0.1, -0.05) is 37.3 Å². The minimum atomic E-state index is -3.70. The van der Waals surface area contributed by atoms with Gasteiger partial charge < -0.3 is 4.42 Å². The van der Waals surface area contributed by atoms with Crippen LogP contribution >= 0.6 is 0 Å². The molecule has 9 heteroatoms. The maximum absolute atomic E-state index is 13.4. The summed E-state index contributed by atoms with van der Waals surface area (Å²) < 4.78 is 61.3. The molecule has 1 aliphatic heterocycles. The molecule has 1 aromatic heterocycles. The molecule has 172 valence electrons. The molecule has 0 aliphatic carbocycles. The Morgan fingerprint density at radius 3 is 2.38 bits per heavy atom. The zero-order valence-electron chi connectivity index (χ0n) is 18.2. The number of hydrogen-bond acceptors (Lipinski definition) is 5. The fourth-order valence-electron chi connectivity index (χ4n) is 4.39. The Hall–Kier alpha value is -2.20. The number of sulfonamides is 2. The Morgan fingerprint density at radius 2 is 1.72 bits per heavy atom. The van der Waals surface area contributed by atoms with E-state index in [0.717, 1.165) is 10.9 Å². The van der Waals surface area contributed by atoms with Crippen LogP contribution in [0.1, 0.15) is 38.3 Å². The minimum Gasteiger partial charge on any atom is -0.464 e. The average Bonchev–Trinajstić information content (AvgIpc) is 3.28. The SMILES string of the molecule is CCN([C@H](C)c1ccccc1)S(=O)(=O)C1CCN(S(=O)(=O)c2ccc3occc3c2)CC1. The number of rotatable bonds is 7. The van der Waals surface area contributed by atoms with Crippen molar-refractivity contribution in [2.75, 3.05) is 19.6 Å². The second-order valence-electron chi connectivity index (χ2n) is 8.06. The van der Waals surface area contributed by atoms with Crippen molar-refractivity contribution in [2.24, 2.45) is 0 Å². The van der Waals surface area contributed by atoms with Gasteiger partial charge in [-0.3, -0.25) is 0 Å². The maximum atomic E-state index is 13.4. The molecule has 0 amide bonds. The highest BCUT2D eigenvalue weighted by atomic mass is 32.2. The van der Waals surface area contributed by atoms with Gasteiger partial charge in [-0.05, 0) is 49.6 Å². The Bertz CT molecular complexity index is 1280. The quantitative estimate of drug-likeness (QED) is 0.514. The Kier molecular flexibility index (Phi) is 6.44. The largest absolute Gasteiger partial charge is 0.464 e. The lowest BCUT2D eigenvalue weighted by molar-refractivity contribution is 0.316. The van der Waals surface area contributed by atoms with Gasteiger partial charge >= 0.3 is 0 Å². The van der Waals surface area contributed by atoms with E-state index in [4.69, 9.17) is 4.42 Å². The standard InChI is InChI=1S/C23H28N2O5S2/c1-3-25(18(2)19-7-5-4-6-8-19)32(28,29)21-11-14-24(15-12-21)31(26,27)22-9-10-23-20(17-22)13-16-30-23/h4-10,13,16-18,21H,3,11-12,14-15H2,1-2H3/t18-/m1/s1.